The molecule has 1 aromatic heterocycles. The molecule has 0 radical (unpaired) electrons. The van der Waals surface area contributed by atoms with Gasteiger partial charge in [-0.3, -0.25) is 4.98 Å². The third-order valence-electron chi connectivity index (χ3n) is 4.27. The maximum absolute atomic E-state index is 4.45. The van der Waals surface area contributed by atoms with Crippen molar-refractivity contribution in [3.05, 3.63) is 29.6 Å². The standard InChI is InChI=1S/C15H22N2/c1-11-5-6-13(9-16-11)15-4-2-3-12(15)10-17-14-7-8-14/h5-6,9,12,14-15,17H,2-4,7-8,10H2,1H3. The van der Waals surface area contributed by atoms with Gasteiger partial charge in [0.05, 0.1) is 0 Å². The van der Waals surface area contributed by atoms with Gasteiger partial charge in [-0.25, -0.2) is 0 Å². The highest BCUT2D eigenvalue weighted by Crippen LogP contribution is 2.39. The number of hydrogen-bond donors (Lipinski definition) is 1. The number of aromatic nitrogens is 1. The molecule has 0 aromatic carbocycles. The molecule has 2 heteroatoms. The van der Waals surface area contributed by atoms with E-state index in [9.17, 15) is 0 Å². The summed E-state index contributed by atoms with van der Waals surface area (Å²) in [6, 6.07) is 5.27. The quantitative estimate of drug-likeness (QED) is 0.860. The van der Waals surface area contributed by atoms with E-state index in [4.69, 9.17) is 0 Å². The Hall–Kier alpha value is -0.890. The van der Waals surface area contributed by atoms with Crippen molar-refractivity contribution in [2.24, 2.45) is 5.92 Å². The summed E-state index contributed by atoms with van der Waals surface area (Å²) in [7, 11) is 0. The number of hydrogen-bond acceptors (Lipinski definition) is 2. The molecule has 2 atom stereocenters. The summed E-state index contributed by atoms with van der Waals surface area (Å²) in [5, 5.41) is 3.69. The predicted molar refractivity (Wildman–Crippen MR) is 70.1 cm³/mol. The lowest BCUT2D eigenvalue weighted by atomic mass is 9.89. The van der Waals surface area contributed by atoms with Gasteiger partial charge >= 0.3 is 0 Å². The summed E-state index contributed by atoms with van der Waals surface area (Å²) in [4.78, 5) is 4.45. The SMILES string of the molecule is Cc1ccc(C2CCCC2CNC2CC2)cn1. The van der Waals surface area contributed by atoms with Crippen molar-refractivity contribution in [1.82, 2.24) is 10.3 Å². The van der Waals surface area contributed by atoms with Gasteiger partial charge in [0.15, 0.2) is 0 Å². The molecule has 2 fully saturated rings. The first-order chi connectivity index (χ1) is 8.33. The highest BCUT2D eigenvalue weighted by atomic mass is 14.9. The summed E-state index contributed by atoms with van der Waals surface area (Å²) < 4.78 is 0. The lowest BCUT2D eigenvalue weighted by Crippen LogP contribution is -2.26. The van der Waals surface area contributed by atoms with E-state index >= 15 is 0 Å². The Morgan fingerprint density at radius 2 is 2.12 bits per heavy atom. The van der Waals surface area contributed by atoms with Crippen LogP contribution < -0.4 is 5.32 Å². The maximum atomic E-state index is 4.45. The predicted octanol–water partition coefficient (Wildman–Crippen LogP) is 3.03. The Labute approximate surface area is 104 Å². The highest BCUT2D eigenvalue weighted by molar-refractivity contribution is 5.20. The van der Waals surface area contributed by atoms with E-state index in [0.29, 0.717) is 0 Å². The van der Waals surface area contributed by atoms with Gasteiger partial charge in [-0.2, -0.15) is 0 Å². The fraction of sp³-hybridized carbons (Fsp3) is 0.667. The second-order valence-electron chi connectivity index (χ2n) is 5.71. The van der Waals surface area contributed by atoms with Crippen molar-refractivity contribution < 1.29 is 0 Å². The molecule has 2 aliphatic carbocycles. The fourth-order valence-corrected chi connectivity index (χ4v) is 3.02. The Morgan fingerprint density at radius 1 is 1.24 bits per heavy atom. The third-order valence-corrected chi connectivity index (χ3v) is 4.27. The molecule has 1 heterocycles. The molecule has 0 bridgehead atoms. The van der Waals surface area contributed by atoms with E-state index in [1.54, 1.807) is 0 Å². The molecule has 1 aromatic rings. The van der Waals surface area contributed by atoms with Gasteiger partial charge in [-0.1, -0.05) is 12.5 Å². The summed E-state index contributed by atoms with van der Waals surface area (Å²) in [5.74, 6) is 1.58. The summed E-state index contributed by atoms with van der Waals surface area (Å²) in [6.07, 6.45) is 9.00. The van der Waals surface area contributed by atoms with Crippen LogP contribution in [0.25, 0.3) is 0 Å². The molecule has 1 N–H and O–H groups in total. The molecule has 2 aliphatic rings. The van der Waals surface area contributed by atoms with Crippen LogP contribution in [0.5, 0.6) is 0 Å². The van der Waals surface area contributed by atoms with Crippen molar-refractivity contribution in [3.63, 3.8) is 0 Å². The zero-order valence-electron chi connectivity index (χ0n) is 10.7. The minimum Gasteiger partial charge on any atom is -0.314 e. The number of nitrogens with zero attached hydrogens (tertiary/aromatic N) is 1. The number of nitrogens with one attached hydrogen (secondary N) is 1. The topological polar surface area (TPSA) is 24.9 Å². The zero-order chi connectivity index (χ0) is 11.7. The van der Waals surface area contributed by atoms with Gasteiger partial charge < -0.3 is 5.32 Å². The van der Waals surface area contributed by atoms with Gasteiger partial charge in [-0.15, -0.1) is 0 Å². The Balaban J connectivity index is 1.65. The van der Waals surface area contributed by atoms with Crippen LogP contribution in [0.4, 0.5) is 0 Å². The minimum absolute atomic E-state index is 0.745. The van der Waals surface area contributed by atoms with Crippen LogP contribution in [-0.2, 0) is 0 Å². The van der Waals surface area contributed by atoms with Crippen molar-refractivity contribution in [1.29, 1.82) is 0 Å². The molecule has 0 aliphatic heterocycles. The highest BCUT2D eigenvalue weighted by Gasteiger charge is 2.30. The molecular formula is C15H22N2. The first-order valence-corrected chi connectivity index (χ1v) is 6.99. The molecule has 17 heavy (non-hydrogen) atoms. The Kier molecular flexibility index (Phi) is 3.15. The number of rotatable bonds is 4. The van der Waals surface area contributed by atoms with Crippen LogP contribution in [-0.4, -0.2) is 17.6 Å². The monoisotopic (exact) mass is 230 g/mol. The molecule has 2 unspecified atom stereocenters. The first-order valence-electron chi connectivity index (χ1n) is 6.99. The van der Waals surface area contributed by atoms with Crippen LogP contribution in [0.15, 0.2) is 18.3 Å². The summed E-state index contributed by atoms with van der Waals surface area (Å²) >= 11 is 0. The molecule has 0 spiro atoms. The molecule has 2 saturated carbocycles. The van der Waals surface area contributed by atoms with Crippen molar-refractivity contribution in [3.8, 4) is 0 Å². The molecule has 0 amide bonds. The second kappa shape index (κ2) is 4.77. The van der Waals surface area contributed by atoms with Gasteiger partial charge in [0, 0.05) is 17.9 Å². The third kappa shape index (κ3) is 2.68. The second-order valence-corrected chi connectivity index (χ2v) is 5.71. The summed E-state index contributed by atoms with van der Waals surface area (Å²) in [5.41, 5.74) is 2.58. The van der Waals surface area contributed by atoms with Gasteiger partial charge in [0.25, 0.3) is 0 Å². The van der Waals surface area contributed by atoms with Gasteiger partial charge in [-0.05, 0) is 62.6 Å². The smallest absolute Gasteiger partial charge is 0.0372 e. The number of pyridine rings is 1. The number of aryl methyl sites for hydroxylation is 1. The minimum atomic E-state index is 0.745. The fourth-order valence-electron chi connectivity index (χ4n) is 3.02. The normalized spacial score (nSPS) is 28.5. The van der Waals surface area contributed by atoms with E-state index in [-0.39, 0.29) is 0 Å². The lowest BCUT2D eigenvalue weighted by molar-refractivity contribution is 0.442. The van der Waals surface area contributed by atoms with Crippen molar-refractivity contribution in [2.45, 2.75) is 51.0 Å². The van der Waals surface area contributed by atoms with Crippen LogP contribution >= 0.6 is 0 Å². The largest absolute Gasteiger partial charge is 0.314 e. The van der Waals surface area contributed by atoms with Crippen molar-refractivity contribution >= 4 is 0 Å². The van der Waals surface area contributed by atoms with E-state index in [2.05, 4.69) is 35.6 Å². The first kappa shape index (κ1) is 11.2. The van der Waals surface area contributed by atoms with E-state index in [0.717, 1.165) is 23.6 Å². The zero-order valence-corrected chi connectivity index (χ0v) is 10.7. The lowest BCUT2D eigenvalue weighted by Gasteiger charge is -2.20. The average Bonchev–Trinajstić information content (AvgIpc) is 3.06. The van der Waals surface area contributed by atoms with E-state index in [1.165, 1.54) is 44.2 Å². The Bertz CT molecular complexity index is 367. The van der Waals surface area contributed by atoms with E-state index in [1.807, 2.05) is 0 Å². The average molecular weight is 230 g/mol. The van der Waals surface area contributed by atoms with Crippen LogP contribution in [0, 0.1) is 12.8 Å². The van der Waals surface area contributed by atoms with Gasteiger partial charge in [0.1, 0.15) is 0 Å². The maximum Gasteiger partial charge on any atom is 0.0372 e. The van der Waals surface area contributed by atoms with E-state index < -0.39 is 0 Å². The van der Waals surface area contributed by atoms with Crippen LogP contribution in [0.2, 0.25) is 0 Å². The molecular weight excluding hydrogens is 208 g/mol. The van der Waals surface area contributed by atoms with Crippen LogP contribution in [0.3, 0.4) is 0 Å². The van der Waals surface area contributed by atoms with Crippen LogP contribution in [0.1, 0.15) is 49.3 Å². The molecule has 92 valence electrons. The van der Waals surface area contributed by atoms with Gasteiger partial charge in [0.2, 0.25) is 0 Å². The Morgan fingerprint density at radius 3 is 2.82 bits per heavy atom. The molecule has 3 rings (SSSR count). The van der Waals surface area contributed by atoms with Crippen molar-refractivity contribution in [2.75, 3.05) is 6.54 Å². The molecule has 0 saturated heterocycles. The summed E-state index contributed by atoms with van der Waals surface area (Å²) in [6.45, 7) is 3.27. The molecule has 2 nitrogen and oxygen atoms in total.